The van der Waals surface area contributed by atoms with Crippen LogP contribution < -0.4 is 9.79 Å². The lowest BCUT2D eigenvalue weighted by atomic mass is 10.1. The Morgan fingerprint density at radius 2 is 1.00 bits per heavy atom. The summed E-state index contributed by atoms with van der Waals surface area (Å²) in [5.41, 5.74) is 4.96. The van der Waals surface area contributed by atoms with Crippen molar-refractivity contribution in [3.05, 3.63) is 83.2 Å². The molecule has 0 unspecified atom stereocenters. The van der Waals surface area contributed by atoms with Gasteiger partial charge < -0.3 is 37.3 Å². The van der Waals surface area contributed by atoms with E-state index in [4.69, 9.17) is 9.47 Å². The van der Waals surface area contributed by atoms with E-state index in [1.54, 1.807) is 0 Å². The van der Waals surface area contributed by atoms with Gasteiger partial charge in [0, 0.05) is 19.8 Å². The number of rotatable bonds is 16. The lowest BCUT2D eigenvalue weighted by Gasteiger charge is -2.27. The number of benzene rings is 2. The predicted molar refractivity (Wildman–Crippen MR) is 175 cm³/mol. The van der Waals surface area contributed by atoms with E-state index in [0.717, 1.165) is 48.2 Å². The molecule has 0 fully saturated rings. The van der Waals surface area contributed by atoms with Crippen LogP contribution in [0, 0.1) is 0 Å². The number of quaternary nitrogens is 2. The molecule has 0 N–H and O–H groups in total. The van der Waals surface area contributed by atoms with Gasteiger partial charge in [-0.1, -0.05) is 75.2 Å². The Labute approximate surface area is 262 Å². The number of unbranched alkanes of at least 4 members (excludes halogenated alkanes) is 2. The van der Waals surface area contributed by atoms with Crippen LogP contribution in [0.1, 0.15) is 68.7 Å². The Balaban J connectivity index is 0.000000675. The molecule has 2 rings (SSSR count). The second-order valence-corrected chi connectivity index (χ2v) is 13.2. The molecule has 0 aliphatic heterocycles. The van der Waals surface area contributed by atoms with Crippen LogP contribution in [-0.4, -0.2) is 71.1 Å². The van der Waals surface area contributed by atoms with Gasteiger partial charge in [-0.05, 0) is 54.2 Å². The summed E-state index contributed by atoms with van der Waals surface area (Å²) in [6.45, 7) is 8.88. The van der Waals surface area contributed by atoms with E-state index in [1.807, 2.05) is 0 Å². The molecule has 0 aliphatic carbocycles. The van der Waals surface area contributed by atoms with Crippen LogP contribution in [0.3, 0.4) is 0 Å². The standard InChI is InChI=1S/2C16H26NO.C2H7O4P/c2*1-5-6-13-18-14-16-9-7-15(8-10-16)11-12-17(2,3)4;1-2-6-7(3,4)5/h2*7-12H,5-6,13-14H2,1-4H3;2H2,1H3,(H2,3,4,5)/q2*+1;/p-2. The Morgan fingerprint density at radius 3 is 1.23 bits per heavy atom. The average molecular weight is 621 g/mol. The molecule has 8 nitrogen and oxygen atoms in total. The second kappa shape index (κ2) is 22.4. The third-order valence-corrected chi connectivity index (χ3v) is 6.07. The summed E-state index contributed by atoms with van der Waals surface area (Å²) in [6.07, 6.45) is 13.3. The highest BCUT2D eigenvalue weighted by atomic mass is 31.2. The highest BCUT2D eigenvalue weighted by molar-refractivity contribution is 7.43. The molecule has 0 heterocycles. The van der Waals surface area contributed by atoms with Crippen LogP contribution in [-0.2, 0) is 31.8 Å². The zero-order chi connectivity index (χ0) is 32.8. The fourth-order valence-electron chi connectivity index (χ4n) is 3.10. The molecule has 2 aromatic rings. The minimum atomic E-state index is -4.67. The zero-order valence-electron chi connectivity index (χ0n) is 28.1. The van der Waals surface area contributed by atoms with Crippen molar-refractivity contribution < 1.29 is 37.3 Å². The predicted octanol–water partition coefficient (Wildman–Crippen LogP) is 6.21. The summed E-state index contributed by atoms with van der Waals surface area (Å²) in [4.78, 5) is 19.0. The van der Waals surface area contributed by atoms with E-state index >= 15 is 0 Å². The summed E-state index contributed by atoms with van der Waals surface area (Å²) < 4.78 is 26.0. The first-order chi connectivity index (χ1) is 20.1. The number of nitrogens with zero attached hydrogens (tertiary/aromatic N) is 2. The molecule has 244 valence electrons. The Bertz CT molecular complexity index is 991. The summed E-state index contributed by atoms with van der Waals surface area (Å²) in [6, 6.07) is 17.1. The summed E-state index contributed by atoms with van der Waals surface area (Å²) in [5, 5.41) is 0. The molecule has 0 radical (unpaired) electrons. The molecule has 43 heavy (non-hydrogen) atoms. The molecule has 0 atom stereocenters. The number of phosphoric acid groups is 1. The topological polar surface area (TPSA) is 90.9 Å². The van der Waals surface area contributed by atoms with Crippen LogP contribution in [0.25, 0.3) is 12.2 Å². The molecule has 0 spiro atoms. The fraction of sp³-hybridized carbons (Fsp3) is 0.529. The highest BCUT2D eigenvalue weighted by Crippen LogP contribution is 2.23. The molecule has 0 saturated heterocycles. The van der Waals surface area contributed by atoms with Crippen molar-refractivity contribution in [1.82, 2.24) is 0 Å². The van der Waals surface area contributed by atoms with Crippen LogP contribution in [0.5, 0.6) is 0 Å². The van der Waals surface area contributed by atoms with Crippen molar-refractivity contribution in [2.75, 3.05) is 62.1 Å². The van der Waals surface area contributed by atoms with Crippen LogP contribution in [0.15, 0.2) is 60.9 Å². The maximum atomic E-state index is 9.48. The van der Waals surface area contributed by atoms with Crippen LogP contribution in [0.2, 0.25) is 0 Å². The van der Waals surface area contributed by atoms with Gasteiger partial charge in [-0.25, -0.2) is 0 Å². The number of hydrogen-bond acceptors (Lipinski definition) is 6. The van der Waals surface area contributed by atoms with E-state index in [-0.39, 0.29) is 6.61 Å². The highest BCUT2D eigenvalue weighted by Gasteiger charge is 2.01. The normalized spacial score (nSPS) is 12.2. The first kappa shape index (κ1) is 40.9. The summed E-state index contributed by atoms with van der Waals surface area (Å²) >= 11 is 0. The van der Waals surface area contributed by atoms with Gasteiger partial charge in [0.25, 0.3) is 0 Å². The minimum Gasteiger partial charge on any atom is -0.790 e. The van der Waals surface area contributed by atoms with Gasteiger partial charge in [-0.3, -0.25) is 0 Å². The Kier molecular flexibility index (Phi) is 21.3. The van der Waals surface area contributed by atoms with Crippen molar-refractivity contribution in [3.8, 4) is 0 Å². The lowest BCUT2D eigenvalue weighted by molar-refractivity contribution is -0.816. The van der Waals surface area contributed by atoms with Crippen molar-refractivity contribution in [1.29, 1.82) is 0 Å². The van der Waals surface area contributed by atoms with Crippen LogP contribution in [0.4, 0.5) is 0 Å². The minimum absolute atomic E-state index is 0.0791. The molecular formula is C34H57N2O6P. The summed E-state index contributed by atoms with van der Waals surface area (Å²) in [5.74, 6) is 0. The van der Waals surface area contributed by atoms with E-state index in [1.165, 1.54) is 42.0 Å². The summed E-state index contributed by atoms with van der Waals surface area (Å²) in [7, 11) is 8.21. The van der Waals surface area contributed by atoms with E-state index in [9.17, 15) is 14.4 Å². The molecule has 0 bridgehead atoms. The van der Waals surface area contributed by atoms with E-state index < -0.39 is 7.82 Å². The zero-order valence-corrected chi connectivity index (χ0v) is 29.0. The third-order valence-electron chi connectivity index (χ3n) is 5.50. The second-order valence-electron chi connectivity index (χ2n) is 12.0. The number of ether oxygens (including phenoxy) is 2. The first-order valence-electron chi connectivity index (χ1n) is 15.1. The van der Waals surface area contributed by atoms with E-state index in [0.29, 0.717) is 0 Å². The maximum Gasteiger partial charge on any atom is 0.0958 e. The monoisotopic (exact) mass is 620 g/mol. The van der Waals surface area contributed by atoms with Gasteiger partial charge in [0.1, 0.15) is 0 Å². The van der Waals surface area contributed by atoms with Gasteiger partial charge >= 0.3 is 0 Å². The van der Waals surface area contributed by atoms with E-state index in [2.05, 4.69) is 134 Å². The SMILES string of the molecule is CCCCOCc1ccc(C=C[N+](C)(C)C)cc1.CCCCOCc1ccc(C=C[N+](C)(C)C)cc1.CCOP(=O)([O-])[O-]. The molecule has 0 saturated carbocycles. The van der Waals surface area contributed by atoms with Crippen molar-refractivity contribution in [2.24, 2.45) is 0 Å². The average Bonchev–Trinajstić information content (AvgIpc) is 2.92. The van der Waals surface area contributed by atoms with Gasteiger partial charge in [-0.2, -0.15) is 0 Å². The smallest absolute Gasteiger partial charge is 0.0958 e. The molecule has 0 amide bonds. The van der Waals surface area contributed by atoms with Gasteiger partial charge in [0.05, 0.1) is 75.7 Å². The number of phosphoric ester groups is 1. The Morgan fingerprint density at radius 1 is 0.651 bits per heavy atom. The first-order valence-corrected chi connectivity index (χ1v) is 16.5. The molecule has 9 heteroatoms. The fourth-order valence-corrected chi connectivity index (χ4v) is 3.42. The van der Waals surface area contributed by atoms with Crippen molar-refractivity contribution >= 4 is 20.0 Å². The van der Waals surface area contributed by atoms with Gasteiger partial charge in [-0.15, -0.1) is 0 Å². The van der Waals surface area contributed by atoms with Gasteiger partial charge in [0.2, 0.25) is 0 Å². The van der Waals surface area contributed by atoms with Crippen molar-refractivity contribution in [2.45, 2.75) is 59.7 Å². The largest absolute Gasteiger partial charge is 0.790 e. The third kappa shape index (κ3) is 27.2. The van der Waals surface area contributed by atoms with Gasteiger partial charge in [0.15, 0.2) is 0 Å². The molecule has 0 aliphatic rings. The van der Waals surface area contributed by atoms with Crippen molar-refractivity contribution in [3.63, 3.8) is 0 Å². The number of hydrogen-bond donors (Lipinski definition) is 0. The quantitative estimate of drug-likeness (QED) is 0.126. The Hall–Kier alpha value is -2.13. The lowest BCUT2D eigenvalue weighted by Crippen LogP contribution is -2.26. The molecule has 2 aromatic carbocycles. The molecule has 0 aromatic heterocycles. The maximum absolute atomic E-state index is 9.48. The van der Waals surface area contributed by atoms with Crippen LogP contribution >= 0.6 is 7.82 Å². The molecular weight excluding hydrogens is 563 g/mol.